The summed E-state index contributed by atoms with van der Waals surface area (Å²) in [4.78, 5) is 4.26. The Hall–Kier alpha value is -1.06. The molecule has 16 heavy (non-hydrogen) atoms. The molecule has 2 atom stereocenters. The number of hydrogen-bond donors (Lipinski definition) is 1. The van der Waals surface area contributed by atoms with E-state index < -0.39 is 0 Å². The SMILES string of the molecule is CC(N)C(c1ccc(N(C)C)cc1)N(C)C. The van der Waals surface area contributed by atoms with Gasteiger partial charge < -0.3 is 15.5 Å². The van der Waals surface area contributed by atoms with E-state index in [9.17, 15) is 0 Å². The summed E-state index contributed by atoms with van der Waals surface area (Å²) in [6.45, 7) is 2.05. The molecule has 0 spiro atoms. The van der Waals surface area contributed by atoms with Crippen LogP contribution in [0.2, 0.25) is 0 Å². The highest BCUT2D eigenvalue weighted by Gasteiger charge is 2.18. The van der Waals surface area contributed by atoms with Gasteiger partial charge in [0.1, 0.15) is 0 Å². The Morgan fingerprint density at radius 2 is 1.50 bits per heavy atom. The smallest absolute Gasteiger partial charge is 0.0491 e. The predicted octanol–water partition coefficient (Wildman–Crippen LogP) is 1.70. The fraction of sp³-hybridized carbons (Fsp3) is 0.538. The molecule has 3 nitrogen and oxygen atoms in total. The van der Waals surface area contributed by atoms with Crippen LogP contribution in [-0.2, 0) is 0 Å². The predicted molar refractivity (Wildman–Crippen MR) is 70.8 cm³/mol. The van der Waals surface area contributed by atoms with Gasteiger partial charge in [-0.1, -0.05) is 12.1 Å². The van der Waals surface area contributed by atoms with E-state index in [2.05, 4.69) is 48.2 Å². The van der Waals surface area contributed by atoms with E-state index in [1.165, 1.54) is 11.3 Å². The third-order valence-corrected chi connectivity index (χ3v) is 2.81. The molecule has 0 aliphatic rings. The summed E-state index contributed by atoms with van der Waals surface area (Å²) in [5.74, 6) is 0. The van der Waals surface area contributed by atoms with Crippen molar-refractivity contribution in [2.75, 3.05) is 33.1 Å². The number of nitrogens with zero attached hydrogens (tertiary/aromatic N) is 2. The standard InChI is InChI=1S/C13H23N3/c1-10(14)13(16(4)5)11-6-8-12(9-7-11)15(2)3/h6-10,13H,14H2,1-5H3. The fourth-order valence-corrected chi connectivity index (χ4v) is 2.04. The number of nitrogens with two attached hydrogens (primary N) is 1. The highest BCUT2D eigenvalue weighted by Crippen LogP contribution is 2.23. The molecule has 2 N–H and O–H groups in total. The summed E-state index contributed by atoms with van der Waals surface area (Å²) in [6.07, 6.45) is 0. The molecule has 0 aliphatic heterocycles. The second kappa shape index (κ2) is 5.32. The molecular formula is C13H23N3. The van der Waals surface area contributed by atoms with Gasteiger partial charge in [0.15, 0.2) is 0 Å². The zero-order valence-electron chi connectivity index (χ0n) is 10.9. The summed E-state index contributed by atoms with van der Waals surface area (Å²) in [6, 6.07) is 8.98. The Morgan fingerprint density at radius 3 is 1.81 bits per heavy atom. The Balaban J connectivity index is 2.94. The van der Waals surface area contributed by atoms with Crippen LogP contribution < -0.4 is 10.6 Å². The fourth-order valence-electron chi connectivity index (χ4n) is 2.04. The third kappa shape index (κ3) is 2.97. The maximum absolute atomic E-state index is 6.02. The largest absolute Gasteiger partial charge is 0.378 e. The number of anilines is 1. The summed E-state index contributed by atoms with van der Waals surface area (Å²) in [7, 11) is 8.22. The zero-order chi connectivity index (χ0) is 12.3. The second-order valence-electron chi connectivity index (χ2n) is 4.75. The van der Waals surface area contributed by atoms with Crippen molar-refractivity contribution >= 4 is 5.69 Å². The molecule has 0 saturated heterocycles. The summed E-state index contributed by atoms with van der Waals surface area (Å²) >= 11 is 0. The average Bonchev–Trinajstić information content (AvgIpc) is 2.17. The Morgan fingerprint density at radius 1 is 1.00 bits per heavy atom. The first-order valence-corrected chi connectivity index (χ1v) is 5.62. The van der Waals surface area contributed by atoms with Crippen LogP contribution in [0.4, 0.5) is 5.69 Å². The minimum atomic E-state index is 0.125. The molecule has 0 heterocycles. The summed E-state index contributed by atoms with van der Waals surface area (Å²) < 4.78 is 0. The van der Waals surface area contributed by atoms with Crippen LogP contribution in [0.3, 0.4) is 0 Å². The van der Waals surface area contributed by atoms with Gasteiger partial charge in [0.25, 0.3) is 0 Å². The van der Waals surface area contributed by atoms with Crippen LogP contribution >= 0.6 is 0 Å². The maximum atomic E-state index is 6.02. The molecule has 1 aromatic rings. The topological polar surface area (TPSA) is 32.5 Å². The van der Waals surface area contributed by atoms with Crippen LogP contribution in [0.25, 0.3) is 0 Å². The lowest BCUT2D eigenvalue weighted by molar-refractivity contribution is 0.266. The molecule has 2 unspecified atom stereocenters. The van der Waals surface area contributed by atoms with Crippen molar-refractivity contribution in [2.24, 2.45) is 5.73 Å². The molecule has 0 fully saturated rings. The lowest BCUT2D eigenvalue weighted by atomic mass is 10.00. The van der Waals surface area contributed by atoms with E-state index in [0.717, 1.165) is 0 Å². The molecule has 3 heteroatoms. The lowest BCUT2D eigenvalue weighted by Crippen LogP contribution is -2.35. The van der Waals surface area contributed by atoms with Crippen LogP contribution in [0, 0.1) is 0 Å². The Bertz CT molecular complexity index is 306. The second-order valence-corrected chi connectivity index (χ2v) is 4.75. The van der Waals surface area contributed by atoms with E-state index >= 15 is 0 Å². The first kappa shape index (κ1) is 13.0. The minimum Gasteiger partial charge on any atom is -0.378 e. The van der Waals surface area contributed by atoms with Gasteiger partial charge in [-0.2, -0.15) is 0 Å². The highest BCUT2D eigenvalue weighted by molar-refractivity contribution is 5.46. The van der Waals surface area contributed by atoms with Crippen molar-refractivity contribution in [1.82, 2.24) is 4.90 Å². The normalized spacial score (nSPS) is 14.9. The molecule has 0 amide bonds. The molecular weight excluding hydrogens is 198 g/mol. The van der Waals surface area contributed by atoms with Crippen molar-refractivity contribution in [1.29, 1.82) is 0 Å². The van der Waals surface area contributed by atoms with Gasteiger partial charge in [0.2, 0.25) is 0 Å². The van der Waals surface area contributed by atoms with Crippen molar-refractivity contribution in [3.05, 3.63) is 29.8 Å². The van der Waals surface area contributed by atoms with Crippen molar-refractivity contribution < 1.29 is 0 Å². The van der Waals surface area contributed by atoms with Gasteiger partial charge in [0.05, 0.1) is 0 Å². The van der Waals surface area contributed by atoms with E-state index in [4.69, 9.17) is 5.73 Å². The number of likely N-dealkylation sites (N-methyl/N-ethyl adjacent to an activating group) is 1. The molecule has 0 aromatic heterocycles. The molecule has 0 bridgehead atoms. The monoisotopic (exact) mass is 221 g/mol. The molecule has 90 valence electrons. The first-order valence-electron chi connectivity index (χ1n) is 5.62. The van der Waals surface area contributed by atoms with Crippen LogP contribution in [0.15, 0.2) is 24.3 Å². The number of benzene rings is 1. The molecule has 1 aromatic carbocycles. The lowest BCUT2D eigenvalue weighted by Gasteiger charge is -2.28. The van der Waals surface area contributed by atoms with Gasteiger partial charge in [-0.05, 0) is 38.7 Å². The van der Waals surface area contributed by atoms with Crippen molar-refractivity contribution in [3.8, 4) is 0 Å². The van der Waals surface area contributed by atoms with Crippen molar-refractivity contribution in [2.45, 2.75) is 19.0 Å². The molecule has 0 aliphatic carbocycles. The molecule has 0 saturated carbocycles. The molecule has 0 radical (unpaired) electrons. The number of hydrogen-bond acceptors (Lipinski definition) is 3. The minimum absolute atomic E-state index is 0.125. The number of rotatable bonds is 4. The van der Waals surface area contributed by atoms with Gasteiger partial charge in [-0.3, -0.25) is 0 Å². The van der Waals surface area contributed by atoms with Gasteiger partial charge in [0, 0.05) is 31.9 Å². The third-order valence-electron chi connectivity index (χ3n) is 2.81. The van der Waals surface area contributed by atoms with Crippen molar-refractivity contribution in [3.63, 3.8) is 0 Å². The quantitative estimate of drug-likeness (QED) is 0.840. The van der Waals surface area contributed by atoms with Crippen LogP contribution in [0.1, 0.15) is 18.5 Å². The first-order chi connectivity index (χ1) is 7.43. The summed E-state index contributed by atoms with van der Waals surface area (Å²) in [5, 5.41) is 0. The van der Waals surface area contributed by atoms with Gasteiger partial charge in [-0.15, -0.1) is 0 Å². The average molecular weight is 221 g/mol. The van der Waals surface area contributed by atoms with Gasteiger partial charge in [-0.25, -0.2) is 0 Å². The highest BCUT2D eigenvalue weighted by atomic mass is 15.1. The van der Waals surface area contributed by atoms with Gasteiger partial charge >= 0.3 is 0 Å². The van der Waals surface area contributed by atoms with E-state index in [-0.39, 0.29) is 12.1 Å². The van der Waals surface area contributed by atoms with E-state index in [1.54, 1.807) is 0 Å². The molecule has 1 rings (SSSR count). The van der Waals surface area contributed by atoms with Crippen LogP contribution in [-0.4, -0.2) is 39.1 Å². The maximum Gasteiger partial charge on any atom is 0.0491 e. The van der Waals surface area contributed by atoms with Crippen LogP contribution in [0.5, 0.6) is 0 Å². The Kier molecular flexibility index (Phi) is 4.33. The summed E-state index contributed by atoms with van der Waals surface area (Å²) in [5.41, 5.74) is 8.50. The Labute approximate surface area is 98.8 Å². The van der Waals surface area contributed by atoms with E-state index in [1.807, 2.05) is 21.0 Å². The van der Waals surface area contributed by atoms with E-state index in [0.29, 0.717) is 0 Å². The zero-order valence-corrected chi connectivity index (χ0v) is 10.9.